The Morgan fingerprint density at radius 2 is 2.16 bits per heavy atom. The van der Waals surface area contributed by atoms with Crippen LogP contribution in [0.1, 0.15) is 44.7 Å². The Kier molecular flexibility index (Phi) is 4.48. The fourth-order valence-electron chi connectivity index (χ4n) is 2.84. The molecule has 2 atom stereocenters. The highest BCUT2D eigenvalue weighted by Crippen LogP contribution is 2.32. The van der Waals surface area contributed by atoms with E-state index in [-0.39, 0.29) is 24.0 Å². The number of hydrogen-bond acceptors (Lipinski definition) is 2. The molecule has 1 aliphatic rings. The van der Waals surface area contributed by atoms with Gasteiger partial charge in [-0.3, -0.25) is 4.79 Å². The van der Waals surface area contributed by atoms with E-state index in [2.05, 4.69) is 0 Å². The van der Waals surface area contributed by atoms with Crippen LogP contribution in [0.25, 0.3) is 0 Å². The van der Waals surface area contributed by atoms with Crippen LogP contribution in [-0.2, 0) is 4.79 Å². The van der Waals surface area contributed by atoms with Gasteiger partial charge in [-0.1, -0.05) is 23.7 Å². The van der Waals surface area contributed by atoms with Gasteiger partial charge in [-0.25, -0.2) is 0 Å². The molecule has 0 saturated carbocycles. The molecule has 19 heavy (non-hydrogen) atoms. The highest BCUT2D eigenvalue weighted by atomic mass is 35.5. The van der Waals surface area contributed by atoms with Crippen molar-refractivity contribution in [2.45, 2.75) is 51.2 Å². The summed E-state index contributed by atoms with van der Waals surface area (Å²) in [6, 6.07) is 7.71. The van der Waals surface area contributed by atoms with Gasteiger partial charge in [0.05, 0.1) is 6.04 Å². The van der Waals surface area contributed by atoms with E-state index >= 15 is 0 Å². The van der Waals surface area contributed by atoms with E-state index in [0.29, 0.717) is 11.4 Å². The number of likely N-dealkylation sites (tertiary alicyclic amines) is 1. The van der Waals surface area contributed by atoms with Crippen molar-refractivity contribution in [1.29, 1.82) is 0 Å². The number of rotatable bonds is 2. The standard InChI is InChI=1S/C15H21ClN2O/c1-10(2)18-14(19)8-4-7-13(17)15(18)11-5-3-6-12(16)9-11/h3,5-6,9-10,13,15H,4,7-8,17H2,1-2H3. The summed E-state index contributed by atoms with van der Waals surface area (Å²) in [5.41, 5.74) is 7.35. The molecule has 0 radical (unpaired) electrons. The first-order valence-corrected chi connectivity index (χ1v) is 7.20. The van der Waals surface area contributed by atoms with E-state index in [4.69, 9.17) is 17.3 Å². The maximum Gasteiger partial charge on any atom is 0.223 e. The van der Waals surface area contributed by atoms with E-state index < -0.39 is 0 Å². The number of halogens is 1. The first kappa shape index (κ1) is 14.4. The zero-order chi connectivity index (χ0) is 14.0. The monoisotopic (exact) mass is 280 g/mol. The zero-order valence-electron chi connectivity index (χ0n) is 11.5. The number of hydrogen-bond donors (Lipinski definition) is 1. The molecular weight excluding hydrogens is 260 g/mol. The summed E-state index contributed by atoms with van der Waals surface area (Å²) in [7, 11) is 0. The molecule has 2 N–H and O–H groups in total. The third-order valence-corrected chi connectivity index (χ3v) is 3.90. The Hall–Kier alpha value is -1.06. The molecular formula is C15H21ClN2O. The average Bonchev–Trinajstić information content (AvgIpc) is 2.48. The smallest absolute Gasteiger partial charge is 0.223 e. The van der Waals surface area contributed by atoms with E-state index in [1.807, 2.05) is 43.0 Å². The van der Waals surface area contributed by atoms with E-state index in [9.17, 15) is 4.79 Å². The Bertz CT molecular complexity index is 461. The van der Waals surface area contributed by atoms with Gasteiger partial charge in [0.15, 0.2) is 0 Å². The molecule has 1 aromatic carbocycles. The normalized spacial score (nSPS) is 24.7. The molecule has 1 saturated heterocycles. The quantitative estimate of drug-likeness (QED) is 0.905. The third-order valence-electron chi connectivity index (χ3n) is 3.67. The van der Waals surface area contributed by atoms with Gasteiger partial charge in [0.2, 0.25) is 5.91 Å². The average molecular weight is 281 g/mol. The van der Waals surface area contributed by atoms with Crippen molar-refractivity contribution >= 4 is 17.5 Å². The molecule has 4 heteroatoms. The van der Waals surface area contributed by atoms with Crippen molar-refractivity contribution in [3.63, 3.8) is 0 Å². The lowest BCUT2D eigenvalue weighted by Gasteiger charge is -2.37. The molecule has 104 valence electrons. The lowest BCUT2D eigenvalue weighted by molar-refractivity contribution is -0.135. The molecule has 1 aliphatic heterocycles. The van der Waals surface area contributed by atoms with Crippen LogP contribution in [0.4, 0.5) is 0 Å². The van der Waals surface area contributed by atoms with Crippen LogP contribution in [0.15, 0.2) is 24.3 Å². The Morgan fingerprint density at radius 1 is 1.42 bits per heavy atom. The number of nitrogens with zero attached hydrogens (tertiary/aromatic N) is 1. The number of benzene rings is 1. The summed E-state index contributed by atoms with van der Waals surface area (Å²) in [6.07, 6.45) is 2.31. The highest BCUT2D eigenvalue weighted by molar-refractivity contribution is 6.30. The van der Waals surface area contributed by atoms with Gasteiger partial charge >= 0.3 is 0 Å². The van der Waals surface area contributed by atoms with E-state index in [1.165, 1.54) is 0 Å². The minimum Gasteiger partial charge on any atom is -0.332 e. The predicted octanol–water partition coefficient (Wildman–Crippen LogP) is 3.13. The van der Waals surface area contributed by atoms with E-state index in [1.54, 1.807) is 0 Å². The van der Waals surface area contributed by atoms with Crippen molar-refractivity contribution < 1.29 is 4.79 Å². The predicted molar refractivity (Wildman–Crippen MR) is 78.0 cm³/mol. The SMILES string of the molecule is CC(C)N1C(=O)CCCC(N)C1c1cccc(Cl)c1. The van der Waals surface area contributed by atoms with Crippen molar-refractivity contribution in [3.8, 4) is 0 Å². The summed E-state index contributed by atoms with van der Waals surface area (Å²) in [6.45, 7) is 4.07. The van der Waals surface area contributed by atoms with Crippen LogP contribution < -0.4 is 5.73 Å². The van der Waals surface area contributed by atoms with Crippen molar-refractivity contribution in [2.75, 3.05) is 0 Å². The van der Waals surface area contributed by atoms with Crippen LogP contribution in [0.2, 0.25) is 5.02 Å². The molecule has 1 heterocycles. The number of carbonyl (C=O) groups is 1. The van der Waals surface area contributed by atoms with Gasteiger partial charge in [0.25, 0.3) is 0 Å². The fraction of sp³-hybridized carbons (Fsp3) is 0.533. The highest BCUT2D eigenvalue weighted by Gasteiger charge is 2.34. The van der Waals surface area contributed by atoms with Gasteiger partial charge in [0, 0.05) is 23.5 Å². The fourth-order valence-corrected chi connectivity index (χ4v) is 3.04. The second kappa shape index (κ2) is 5.93. The minimum atomic E-state index is -0.0753. The Balaban J connectivity index is 2.43. The molecule has 0 aromatic heterocycles. The number of amides is 1. The van der Waals surface area contributed by atoms with Gasteiger partial charge < -0.3 is 10.6 Å². The first-order chi connectivity index (χ1) is 9.00. The Morgan fingerprint density at radius 3 is 2.79 bits per heavy atom. The van der Waals surface area contributed by atoms with Gasteiger partial charge in [0.1, 0.15) is 0 Å². The molecule has 0 aliphatic carbocycles. The summed E-state index contributed by atoms with van der Waals surface area (Å²) >= 11 is 6.07. The summed E-state index contributed by atoms with van der Waals surface area (Å²) < 4.78 is 0. The molecule has 0 spiro atoms. The third kappa shape index (κ3) is 3.10. The van der Waals surface area contributed by atoms with Gasteiger partial charge in [-0.15, -0.1) is 0 Å². The Labute approximate surface area is 119 Å². The molecule has 3 nitrogen and oxygen atoms in total. The molecule has 1 amide bonds. The molecule has 2 rings (SSSR count). The van der Waals surface area contributed by atoms with E-state index in [0.717, 1.165) is 18.4 Å². The molecule has 2 unspecified atom stereocenters. The number of nitrogens with two attached hydrogens (primary N) is 1. The minimum absolute atomic E-state index is 0.0349. The maximum atomic E-state index is 12.3. The molecule has 1 aromatic rings. The topological polar surface area (TPSA) is 46.3 Å². The van der Waals surface area contributed by atoms with Crippen LogP contribution in [-0.4, -0.2) is 22.9 Å². The maximum absolute atomic E-state index is 12.3. The van der Waals surface area contributed by atoms with Crippen molar-refractivity contribution in [3.05, 3.63) is 34.9 Å². The van der Waals surface area contributed by atoms with Crippen LogP contribution in [0.3, 0.4) is 0 Å². The van der Waals surface area contributed by atoms with Crippen LogP contribution in [0, 0.1) is 0 Å². The summed E-state index contributed by atoms with van der Waals surface area (Å²) in [4.78, 5) is 14.2. The zero-order valence-corrected chi connectivity index (χ0v) is 12.2. The molecule has 0 bridgehead atoms. The lowest BCUT2D eigenvalue weighted by atomic mass is 9.95. The lowest BCUT2D eigenvalue weighted by Crippen LogP contribution is -2.45. The first-order valence-electron chi connectivity index (χ1n) is 6.83. The number of carbonyl (C=O) groups excluding carboxylic acids is 1. The molecule has 1 fully saturated rings. The van der Waals surface area contributed by atoms with Crippen molar-refractivity contribution in [1.82, 2.24) is 4.90 Å². The van der Waals surface area contributed by atoms with Gasteiger partial charge in [-0.2, -0.15) is 0 Å². The summed E-state index contributed by atoms with van der Waals surface area (Å²) in [5, 5.41) is 0.685. The van der Waals surface area contributed by atoms with Gasteiger partial charge in [-0.05, 0) is 44.4 Å². The second-order valence-electron chi connectivity index (χ2n) is 5.45. The van der Waals surface area contributed by atoms with Crippen LogP contribution >= 0.6 is 11.6 Å². The van der Waals surface area contributed by atoms with Crippen LogP contribution in [0.5, 0.6) is 0 Å². The second-order valence-corrected chi connectivity index (χ2v) is 5.89. The van der Waals surface area contributed by atoms with Crippen molar-refractivity contribution in [2.24, 2.45) is 5.73 Å². The largest absolute Gasteiger partial charge is 0.332 e. The summed E-state index contributed by atoms with van der Waals surface area (Å²) in [5.74, 6) is 0.188.